The molecule has 0 saturated carbocycles. The summed E-state index contributed by atoms with van der Waals surface area (Å²) in [5.74, 6) is -1.16. The summed E-state index contributed by atoms with van der Waals surface area (Å²) in [5.41, 5.74) is 0.634. The van der Waals surface area contributed by atoms with Gasteiger partial charge in [-0.05, 0) is 44.2 Å². The van der Waals surface area contributed by atoms with Crippen LogP contribution in [0.3, 0.4) is 0 Å². The van der Waals surface area contributed by atoms with Gasteiger partial charge < -0.3 is 15.2 Å². The first-order valence-corrected chi connectivity index (χ1v) is 10.8. The molecule has 2 aliphatic rings. The molecule has 2 N–H and O–H groups in total. The van der Waals surface area contributed by atoms with Gasteiger partial charge in [0.1, 0.15) is 4.21 Å². The predicted octanol–water partition coefficient (Wildman–Crippen LogP) is 1.67. The number of nitrogens with zero attached hydrogens (tertiary/aromatic N) is 1. The van der Waals surface area contributed by atoms with Gasteiger partial charge in [-0.3, -0.25) is 0 Å². The molecule has 0 aromatic carbocycles. The highest BCUT2D eigenvalue weighted by molar-refractivity contribution is 7.91. The van der Waals surface area contributed by atoms with Crippen molar-refractivity contribution in [1.29, 1.82) is 0 Å². The van der Waals surface area contributed by atoms with Crippen molar-refractivity contribution < 1.29 is 23.1 Å². The summed E-state index contributed by atoms with van der Waals surface area (Å²) in [4.78, 5) is 12.5. The summed E-state index contributed by atoms with van der Waals surface area (Å²) in [5, 5.41) is 12.7. The van der Waals surface area contributed by atoms with Gasteiger partial charge in [-0.15, -0.1) is 11.3 Å². The largest absolute Gasteiger partial charge is 0.478 e. The maximum Gasteiger partial charge on any atom is 0.338 e. The van der Waals surface area contributed by atoms with E-state index in [1.54, 1.807) is 0 Å². The van der Waals surface area contributed by atoms with Gasteiger partial charge in [0, 0.05) is 31.6 Å². The van der Waals surface area contributed by atoms with Crippen LogP contribution in [0, 0.1) is 0 Å². The zero-order valence-electron chi connectivity index (χ0n) is 14.3. The number of nitrogens with one attached hydrogen (secondary N) is 1. The number of rotatable bonds is 7. The van der Waals surface area contributed by atoms with Gasteiger partial charge in [0.2, 0.25) is 0 Å². The molecule has 140 valence electrons. The van der Waals surface area contributed by atoms with Crippen molar-refractivity contribution >= 4 is 27.3 Å². The topological polar surface area (TPSA) is 95.9 Å². The van der Waals surface area contributed by atoms with Crippen molar-refractivity contribution in [2.75, 3.05) is 26.7 Å². The van der Waals surface area contributed by atoms with Gasteiger partial charge in [0.05, 0.1) is 11.7 Å². The van der Waals surface area contributed by atoms with Crippen molar-refractivity contribution in [2.24, 2.45) is 0 Å². The van der Waals surface area contributed by atoms with Crippen molar-refractivity contribution in [3.05, 3.63) is 16.0 Å². The summed E-state index contributed by atoms with van der Waals surface area (Å²) < 4.78 is 32.7. The van der Waals surface area contributed by atoms with E-state index in [-0.39, 0.29) is 15.9 Å². The van der Waals surface area contributed by atoms with E-state index in [4.69, 9.17) is 4.74 Å². The van der Waals surface area contributed by atoms with Crippen LogP contribution in [0.15, 0.2) is 4.21 Å². The third kappa shape index (κ3) is 3.90. The van der Waals surface area contributed by atoms with Gasteiger partial charge in [-0.2, -0.15) is 0 Å². The number of thiophene rings is 1. The molecule has 1 aromatic heterocycles. The molecular formula is C16H24N2O5S2. The summed E-state index contributed by atoms with van der Waals surface area (Å²) in [6.45, 7) is 2.34. The number of fused-ring (bicyclic) bond motifs is 1. The lowest BCUT2D eigenvalue weighted by molar-refractivity contribution is 0.0692. The number of carboxylic acid groups (broad SMARTS) is 1. The van der Waals surface area contributed by atoms with Crippen LogP contribution < -0.4 is 5.32 Å². The number of hydrogen-bond acceptors (Lipinski definition) is 6. The van der Waals surface area contributed by atoms with Crippen molar-refractivity contribution in [2.45, 2.75) is 49.0 Å². The minimum atomic E-state index is -3.80. The van der Waals surface area contributed by atoms with Crippen molar-refractivity contribution in [3.8, 4) is 0 Å². The zero-order chi connectivity index (χ0) is 18.0. The van der Waals surface area contributed by atoms with Crippen LogP contribution in [0.25, 0.3) is 0 Å². The number of hydrogen-bond donors (Lipinski definition) is 2. The van der Waals surface area contributed by atoms with E-state index in [2.05, 4.69) is 5.32 Å². The van der Waals surface area contributed by atoms with Crippen LogP contribution in [0.5, 0.6) is 0 Å². The molecule has 7 nitrogen and oxygen atoms in total. The molecule has 3 rings (SSSR count). The SMILES string of the molecule is CN(CCCC1CCCO1)S(=O)(=O)c1sc2c(c1C(=O)O)CCNC2. The molecule has 0 amide bonds. The monoisotopic (exact) mass is 388 g/mol. The first kappa shape index (κ1) is 18.8. The Kier molecular flexibility index (Phi) is 5.79. The van der Waals surface area contributed by atoms with Crippen LogP contribution in [0.1, 0.15) is 46.5 Å². The molecular weight excluding hydrogens is 364 g/mol. The Hall–Kier alpha value is -1.00. The van der Waals surface area contributed by atoms with Gasteiger partial charge in [-0.25, -0.2) is 17.5 Å². The Morgan fingerprint density at radius 2 is 2.28 bits per heavy atom. The fourth-order valence-corrected chi connectivity index (χ4v) is 6.65. The molecule has 3 heterocycles. The average molecular weight is 389 g/mol. The van der Waals surface area contributed by atoms with Crippen LogP contribution in [-0.4, -0.2) is 56.6 Å². The van der Waals surface area contributed by atoms with E-state index >= 15 is 0 Å². The summed E-state index contributed by atoms with van der Waals surface area (Å²) in [6, 6.07) is 0. The normalized spacial score (nSPS) is 20.8. The molecule has 2 aliphatic heterocycles. The lowest BCUT2D eigenvalue weighted by Gasteiger charge is -2.18. The van der Waals surface area contributed by atoms with Crippen LogP contribution in [-0.2, 0) is 27.7 Å². The molecule has 1 fully saturated rings. The first-order chi connectivity index (χ1) is 11.9. The van der Waals surface area contributed by atoms with E-state index in [0.29, 0.717) is 38.0 Å². The predicted molar refractivity (Wildman–Crippen MR) is 94.7 cm³/mol. The van der Waals surface area contributed by atoms with Crippen LogP contribution in [0.2, 0.25) is 0 Å². The zero-order valence-corrected chi connectivity index (χ0v) is 15.9. The number of ether oxygens (including phenoxy) is 1. The van der Waals surface area contributed by atoms with E-state index in [1.807, 2.05) is 0 Å². The summed E-state index contributed by atoms with van der Waals surface area (Å²) in [7, 11) is -2.28. The Morgan fingerprint density at radius 3 is 2.96 bits per heavy atom. The van der Waals surface area contributed by atoms with Crippen molar-refractivity contribution in [3.63, 3.8) is 0 Å². The molecule has 1 saturated heterocycles. The molecule has 25 heavy (non-hydrogen) atoms. The molecule has 1 aromatic rings. The smallest absolute Gasteiger partial charge is 0.338 e. The summed E-state index contributed by atoms with van der Waals surface area (Å²) in [6.07, 6.45) is 4.41. The highest BCUT2D eigenvalue weighted by Crippen LogP contribution is 2.35. The highest BCUT2D eigenvalue weighted by Gasteiger charge is 2.34. The third-order valence-corrected chi connectivity index (χ3v) is 8.36. The van der Waals surface area contributed by atoms with E-state index < -0.39 is 16.0 Å². The molecule has 0 bridgehead atoms. The second-order valence-corrected chi connectivity index (χ2v) is 9.85. The third-order valence-electron chi connectivity index (χ3n) is 4.78. The van der Waals surface area contributed by atoms with Gasteiger partial charge in [-0.1, -0.05) is 0 Å². The highest BCUT2D eigenvalue weighted by atomic mass is 32.2. The fourth-order valence-electron chi connectivity index (χ4n) is 3.38. The van der Waals surface area contributed by atoms with E-state index in [0.717, 1.165) is 42.1 Å². The van der Waals surface area contributed by atoms with Gasteiger partial charge in [0.25, 0.3) is 10.0 Å². The Bertz CT molecular complexity index is 738. The summed E-state index contributed by atoms with van der Waals surface area (Å²) >= 11 is 1.09. The van der Waals surface area contributed by atoms with Gasteiger partial charge in [0.15, 0.2) is 0 Å². The van der Waals surface area contributed by atoms with E-state index in [1.165, 1.54) is 11.4 Å². The molecule has 0 aliphatic carbocycles. The number of sulfonamides is 1. The second kappa shape index (κ2) is 7.71. The average Bonchev–Trinajstić information content (AvgIpc) is 3.21. The van der Waals surface area contributed by atoms with E-state index in [9.17, 15) is 18.3 Å². The molecule has 1 unspecified atom stereocenters. The number of aromatic carboxylic acids is 1. The van der Waals surface area contributed by atoms with Crippen LogP contribution >= 0.6 is 11.3 Å². The number of carboxylic acids is 1. The Labute approximate surface area is 152 Å². The standard InChI is InChI=1S/C16H24N2O5S2/c1-18(8-2-4-11-5-3-9-23-11)25(21,22)16-14(15(19)20)12-6-7-17-10-13(12)24-16/h11,17H,2-10H2,1H3,(H,19,20). The molecule has 1 atom stereocenters. The maximum atomic E-state index is 12.9. The second-order valence-electron chi connectivity index (χ2n) is 6.50. The lowest BCUT2D eigenvalue weighted by atomic mass is 10.1. The Balaban J connectivity index is 1.76. The molecule has 0 radical (unpaired) electrons. The molecule has 0 spiro atoms. The van der Waals surface area contributed by atoms with Crippen LogP contribution in [0.4, 0.5) is 0 Å². The first-order valence-electron chi connectivity index (χ1n) is 8.57. The lowest BCUT2D eigenvalue weighted by Crippen LogP contribution is -2.29. The quantitative estimate of drug-likeness (QED) is 0.738. The Morgan fingerprint density at radius 1 is 1.48 bits per heavy atom. The van der Waals surface area contributed by atoms with Crippen molar-refractivity contribution in [1.82, 2.24) is 9.62 Å². The fraction of sp³-hybridized carbons (Fsp3) is 0.688. The number of carbonyl (C=O) groups is 1. The molecule has 9 heteroatoms. The minimum Gasteiger partial charge on any atom is -0.478 e. The van der Waals surface area contributed by atoms with Gasteiger partial charge >= 0.3 is 5.97 Å². The minimum absolute atomic E-state index is 0.0340. The maximum absolute atomic E-state index is 12.9.